The lowest BCUT2D eigenvalue weighted by molar-refractivity contribution is -0.138. The topological polar surface area (TPSA) is 108 Å². The zero-order valence-corrected chi connectivity index (χ0v) is 10.8. The molecule has 19 heavy (non-hydrogen) atoms. The predicted octanol–water partition coefficient (Wildman–Crippen LogP) is -0.992. The fraction of sp³-hybridized carbons (Fsp3) is 0.727. The van der Waals surface area contributed by atoms with Crippen molar-refractivity contribution in [3.05, 3.63) is 0 Å². The van der Waals surface area contributed by atoms with Crippen LogP contribution >= 0.6 is 0 Å². The lowest BCUT2D eigenvalue weighted by Gasteiger charge is -2.18. The summed E-state index contributed by atoms with van der Waals surface area (Å²) in [7, 11) is 1.50. The molecule has 0 bridgehead atoms. The molecule has 0 spiro atoms. The lowest BCUT2D eigenvalue weighted by atomic mass is 10.4. The van der Waals surface area contributed by atoms with E-state index in [9.17, 15) is 14.4 Å². The highest BCUT2D eigenvalue weighted by atomic mass is 16.5. The average molecular weight is 273 g/mol. The first kappa shape index (κ1) is 15.4. The first-order valence-electron chi connectivity index (χ1n) is 6.05. The number of carbonyl (C=O) groups excluding carboxylic acids is 2. The van der Waals surface area contributed by atoms with Gasteiger partial charge in [-0.15, -0.1) is 0 Å². The molecule has 8 heteroatoms. The van der Waals surface area contributed by atoms with Gasteiger partial charge in [0, 0.05) is 19.7 Å². The van der Waals surface area contributed by atoms with Crippen LogP contribution < -0.4 is 10.6 Å². The van der Waals surface area contributed by atoms with Crippen molar-refractivity contribution >= 4 is 17.9 Å². The molecule has 1 rings (SSSR count). The Kier molecular flexibility index (Phi) is 6.23. The van der Waals surface area contributed by atoms with Gasteiger partial charge in [0.25, 0.3) is 0 Å². The Bertz CT molecular complexity index is 343. The van der Waals surface area contributed by atoms with Crippen LogP contribution in [0.4, 0.5) is 4.79 Å². The molecule has 0 aromatic heterocycles. The minimum atomic E-state index is -0.982. The Balaban J connectivity index is 2.27. The Morgan fingerprint density at radius 2 is 2.00 bits per heavy atom. The monoisotopic (exact) mass is 273 g/mol. The molecule has 0 unspecified atom stereocenters. The number of imide groups is 1. The SMILES string of the molecule is COCCNC(=O)NC(=O)CN(CC(=O)O)C1CC1. The van der Waals surface area contributed by atoms with Gasteiger partial charge in [0.05, 0.1) is 19.7 Å². The number of urea groups is 1. The standard InChI is InChI=1S/C11H19N3O5/c1-19-5-4-12-11(18)13-9(15)6-14(7-10(16)17)8-2-3-8/h8H,2-7H2,1H3,(H,16,17)(H2,12,13,15,18). The van der Waals surface area contributed by atoms with Crippen LogP contribution in [-0.2, 0) is 14.3 Å². The van der Waals surface area contributed by atoms with Crippen LogP contribution in [0.3, 0.4) is 0 Å². The highest BCUT2D eigenvalue weighted by Crippen LogP contribution is 2.26. The second-order valence-corrected chi connectivity index (χ2v) is 4.33. The van der Waals surface area contributed by atoms with Gasteiger partial charge < -0.3 is 15.2 Å². The Hall–Kier alpha value is -1.67. The molecular formula is C11H19N3O5. The van der Waals surface area contributed by atoms with E-state index in [0.717, 1.165) is 12.8 Å². The molecule has 0 aromatic rings. The van der Waals surface area contributed by atoms with Crippen molar-refractivity contribution in [2.24, 2.45) is 0 Å². The number of carbonyl (C=O) groups is 3. The lowest BCUT2D eigenvalue weighted by Crippen LogP contribution is -2.46. The van der Waals surface area contributed by atoms with E-state index < -0.39 is 17.9 Å². The normalized spacial score (nSPS) is 14.2. The van der Waals surface area contributed by atoms with Gasteiger partial charge in [-0.05, 0) is 12.8 Å². The summed E-state index contributed by atoms with van der Waals surface area (Å²) in [6.45, 7) is 0.379. The van der Waals surface area contributed by atoms with Crippen molar-refractivity contribution in [3.8, 4) is 0 Å². The number of methoxy groups -OCH3 is 1. The van der Waals surface area contributed by atoms with Crippen LogP contribution in [0.5, 0.6) is 0 Å². The van der Waals surface area contributed by atoms with Crippen molar-refractivity contribution in [1.82, 2.24) is 15.5 Å². The highest BCUT2D eigenvalue weighted by molar-refractivity contribution is 5.95. The summed E-state index contributed by atoms with van der Waals surface area (Å²) in [6.07, 6.45) is 1.78. The average Bonchev–Trinajstić information content (AvgIpc) is 3.11. The number of amides is 3. The molecule has 1 saturated carbocycles. The molecule has 1 aliphatic rings. The van der Waals surface area contributed by atoms with Gasteiger partial charge >= 0.3 is 12.0 Å². The molecule has 1 fully saturated rings. The Morgan fingerprint density at radius 1 is 1.32 bits per heavy atom. The number of hydrogen-bond acceptors (Lipinski definition) is 5. The van der Waals surface area contributed by atoms with Crippen molar-refractivity contribution < 1.29 is 24.2 Å². The van der Waals surface area contributed by atoms with Crippen LogP contribution in [0.25, 0.3) is 0 Å². The third-order valence-corrected chi connectivity index (χ3v) is 2.59. The summed E-state index contributed by atoms with van der Waals surface area (Å²) in [6, 6.07) is -0.466. The van der Waals surface area contributed by atoms with Crippen LogP contribution in [-0.4, -0.2) is 67.3 Å². The van der Waals surface area contributed by atoms with Crippen molar-refractivity contribution in [3.63, 3.8) is 0 Å². The van der Waals surface area contributed by atoms with Crippen LogP contribution in [0.1, 0.15) is 12.8 Å². The van der Waals surface area contributed by atoms with Crippen LogP contribution in [0.15, 0.2) is 0 Å². The molecule has 0 aromatic carbocycles. The molecule has 0 atom stereocenters. The fourth-order valence-corrected chi connectivity index (χ4v) is 1.59. The molecule has 3 N–H and O–H groups in total. The molecule has 3 amide bonds. The number of hydrogen-bond donors (Lipinski definition) is 3. The zero-order valence-electron chi connectivity index (χ0n) is 10.8. The number of carboxylic acids is 1. The number of nitrogens with one attached hydrogen (secondary N) is 2. The quantitative estimate of drug-likeness (QED) is 0.490. The summed E-state index contributed by atoms with van der Waals surface area (Å²) >= 11 is 0. The van der Waals surface area contributed by atoms with E-state index in [1.807, 2.05) is 0 Å². The molecule has 1 aliphatic carbocycles. The van der Waals surface area contributed by atoms with Gasteiger partial charge in [-0.2, -0.15) is 0 Å². The van der Waals surface area contributed by atoms with E-state index in [0.29, 0.717) is 13.2 Å². The summed E-state index contributed by atoms with van der Waals surface area (Å²) in [5.74, 6) is -1.49. The number of rotatable bonds is 8. The van der Waals surface area contributed by atoms with Crippen molar-refractivity contribution in [1.29, 1.82) is 0 Å². The van der Waals surface area contributed by atoms with Gasteiger partial charge in [0.15, 0.2) is 0 Å². The van der Waals surface area contributed by atoms with Gasteiger partial charge in [-0.25, -0.2) is 4.79 Å². The fourth-order valence-electron chi connectivity index (χ4n) is 1.59. The number of aliphatic carboxylic acids is 1. The minimum Gasteiger partial charge on any atom is -0.480 e. The summed E-state index contributed by atoms with van der Waals surface area (Å²) < 4.78 is 4.74. The molecule has 0 saturated heterocycles. The maximum absolute atomic E-state index is 11.6. The van der Waals surface area contributed by atoms with Crippen molar-refractivity contribution in [2.75, 3.05) is 33.4 Å². The minimum absolute atomic E-state index is 0.0886. The van der Waals surface area contributed by atoms with Crippen LogP contribution in [0.2, 0.25) is 0 Å². The molecule has 8 nitrogen and oxygen atoms in total. The number of ether oxygens (including phenoxy) is 1. The Labute approximate surface area is 111 Å². The summed E-state index contributed by atoms with van der Waals surface area (Å²) in [5, 5.41) is 13.3. The molecule has 108 valence electrons. The van der Waals surface area contributed by atoms with E-state index in [4.69, 9.17) is 9.84 Å². The second-order valence-electron chi connectivity index (χ2n) is 4.33. The molecule has 0 radical (unpaired) electrons. The second kappa shape index (κ2) is 7.70. The van der Waals surface area contributed by atoms with E-state index in [1.165, 1.54) is 7.11 Å². The first-order valence-corrected chi connectivity index (χ1v) is 6.05. The maximum atomic E-state index is 11.6. The Morgan fingerprint density at radius 3 is 2.53 bits per heavy atom. The molecular weight excluding hydrogens is 254 g/mol. The highest BCUT2D eigenvalue weighted by Gasteiger charge is 2.31. The third kappa shape index (κ3) is 6.73. The van der Waals surface area contributed by atoms with Gasteiger partial charge in [0.1, 0.15) is 0 Å². The maximum Gasteiger partial charge on any atom is 0.321 e. The van der Waals surface area contributed by atoms with Gasteiger partial charge in [-0.3, -0.25) is 19.8 Å². The third-order valence-electron chi connectivity index (χ3n) is 2.59. The molecule has 0 heterocycles. The van der Waals surface area contributed by atoms with E-state index >= 15 is 0 Å². The number of nitrogens with zero attached hydrogens (tertiary/aromatic N) is 1. The van der Waals surface area contributed by atoms with Crippen molar-refractivity contribution in [2.45, 2.75) is 18.9 Å². The van der Waals surface area contributed by atoms with E-state index in [-0.39, 0.29) is 19.1 Å². The number of carboxylic acid groups (broad SMARTS) is 1. The molecule has 0 aliphatic heterocycles. The van der Waals surface area contributed by atoms with Gasteiger partial charge in [-0.1, -0.05) is 0 Å². The predicted molar refractivity (Wildman–Crippen MR) is 65.6 cm³/mol. The first-order chi connectivity index (χ1) is 9.02. The summed E-state index contributed by atoms with van der Waals surface area (Å²) in [4.78, 5) is 35.1. The van der Waals surface area contributed by atoms with Crippen LogP contribution in [0, 0.1) is 0 Å². The zero-order chi connectivity index (χ0) is 14.3. The van der Waals surface area contributed by atoms with E-state index in [2.05, 4.69) is 10.6 Å². The van der Waals surface area contributed by atoms with Gasteiger partial charge in [0.2, 0.25) is 5.91 Å². The van der Waals surface area contributed by atoms with E-state index in [1.54, 1.807) is 4.90 Å². The summed E-state index contributed by atoms with van der Waals surface area (Å²) in [5.41, 5.74) is 0. The smallest absolute Gasteiger partial charge is 0.321 e. The largest absolute Gasteiger partial charge is 0.480 e.